The van der Waals surface area contributed by atoms with E-state index in [0.717, 1.165) is 19.3 Å². The molecule has 0 spiro atoms. The molecule has 74 valence electrons. The van der Waals surface area contributed by atoms with Crippen molar-refractivity contribution in [2.45, 2.75) is 32.3 Å². The molecule has 0 heterocycles. The molecule has 1 aromatic carbocycles. The van der Waals surface area contributed by atoms with Gasteiger partial charge in [-0.15, -0.1) is 0 Å². The van der Waals surface area contributed by atoms with Gasteiger partial charge in [-0.1, -0.05) is 37.3 Å². The molecule has 0 fully saturated rings. The molecule has 14 heavy (non-hydrogen) atoms. The van der Waals surface area contributed by atoms with Gasteiger partial charge in [0.25, 0.3) is 0 Å². The molecule has 0 atom stereocenters. The third-order valence-electron chi connectivity index (χ3n) is 2.62. The summed E-state index contributed by atoms with van der Waals surface area (Å²) in [4.78, 5) is 0. The molecule has 0 N–H and O–H groups in total. The molecule has 1 aliphatic carbocycles. The predicted molar refractivity (Wildman–Crippen MR) is 58.2 cm³/mol. The number of benzene rings is 1. The lowest BCUT2D eigenvalue weighted by Crippen LogP contribution is -2.08. The largest absolute Gasteiger partial charge is 0.498 e. The summed E-state index contributed by atoms with van der Waals surface area (Å²) >= 11 is 0. The van der Waals surface area contributed by atoms with E-state index in [0.29, 0.717) is 6.10 Å². The van der Waals surface area contributed by atoms with Crippen molar-refractivity contribution < 1.29 is 4.74 Å². The zero-order valence-electron chi connectivity index (χ0n) is 8.57. The minimum atomic E-state index is 0.357. The molecule has 2 rings (SSSR count). The number of hydrogen-bond acceptors (Lipinski definition) is 1. The third kappa shape index (κ3) is 1.98. The Hall–Kier alpha value is -1.24. The van der Waals surface area contributed by atoms with Gasteiger partial charge in [-0.3, -0.25) is 0 Å². The lowest BCUT2D eigenvalue weighted by molar-refractivity contribution is 0.154. The molecule has 1 aromatic rings. The van der Waals surface area contributed by atoms with E-state index in [1.54, 1.807) is 0 Å². The van der Waals surface area contributed by atoms with E-state index in [9.17, 15) is 0 Å². The summed E-state index contributed by atoms with van der Waals surface area (Å²) in [6.07, 6.45) is 7.42. The highest BCUT2D eigenvalue weighted by Gasteiger charge is 2.20. The van der Waals surface area contributed by atoms with Crippen LogP contribution in [-0.4, -0.2) is 6.10 Å². The summed E-state index contributed by atoms with van der Waals surface area (Å²) in [5.74, 6) is 0. The van der Waals surface area contributed by atoms with Gasteiger partial charge in [0.2, 0.25) is 0 Å². The monoisotopic (exact) mass is 188 g/mol. The molecule has 0 radical (unpaired) electrons. The molecular weight excluding hydrogens is 172 g/mol. The minimum Gasteiger partial charge on any atom is -0.498 e. The molecule has 1 nitrogen and oxygen atoms in total. The molecule has 0 amide bonds. The summed E-state index contributed by atoms with van der Waals surface area (Å²) in [5.41, 5.74) is 2.89. The number of rotatable bonds is 3. The van der Waals surface area contributed by atoms with Crippen molar-refractivity contribution in [3.63, 3.8) is 0 Å². The highest BCUT2D eigenvalue weighted by atomic mass is 16.5. The van der Waals surface area contributed by atoms with Crippen LogP contribution in [0.3, 0.4) is 0 Å². The van der Waals surface area contributed by atoms with Crippen molar-refractivity contribution in [3.05, 3.63) is 47.7 Å². The molecule has 0 unspecified atom stereocenters. The summed E-state index contributed by atoms with van der Waals surface area (Å²) < 4.78 is 5.65. The van der Waals surface area contributed by atoms with Crippen LogP contribution in [0.25, 0.3) is 0 Å². The Morgan fingerprint density at radius 2 is 1.93 bits per heavy atom. The average Bonchev–Trinajstić information content (AvgIpc) is 2.60. The van der Waals surface area contributed by atoms with Crippen molar-refractivity contribution in [2.75, 3.05) is 0 Å². The van der Waals surface area contributed by atoms with Crippen molar-refractivity contribution >= 4 is 0 Å². The SMILES string of the molecule is CC/C=C/OC1Cc2ccccc2C1. The molecule has 0 aliphatic heterocycles. The van der Waals surface area contributed by atoms with Gasteiger partial charge in [0.05, 0.1) is 6.26 Å². The normalized spacial score (nSPS) is 16.1. The number of fused-ring (bicyclic) bond motifs is 1. The highest BCUT2D eigenvalue weighted by Crippen LogP contribution is 2.23. The van der Waals surface area contributed by atoms with E-state index in [1.807, 2.05) is 6.26 Å². The zero-order chi connectivity index (χ0) is 9.80. The fourth-order valence-electron chi connectivity index (χ4n) is 1.88. The van der Waals surface area contributed by atoms with Crippen LogP contribution < -0.4 is 0 Å². The fourth-order valence-corrected chi connectivity index (χ4v) is 1.88. The molecule has 1 heteroatoms. The maximum absolute atomic E-state index is 5.65. The molecule has 0 saturated heterocycles. The van der Waals surface area contributed by atoms with Crippen LogP contribution in [0, 0.1) is 0 Å². The molecular formula is C13H16O. The Bertz CT molecular complexity index is 303. The maximum Gasteiger partial charge on any atom is 0.106 e. The topological polar surface area (TPSA) is 9.23 Å². The van der Waals surface area contributed by atoms with Crippen LogP contribution in [0.5, 0.6) is 0 Å². The predicted octanol–water partition coefficient (Wildman–Crippen LogP) is 3.09. The summed E-state index contributed by atoms with van der Waals surface area (Å²) in [6.45, 7) is 2.11. The van der Waals surface area contributed by atoms with Crippen molar-refractivity contribution in [3.8, 4) is 0 Å². The van der Waals surface area contributed by atoms with Crippen molar-refractivity contribution in [1.82, 2.24) is 0 Å². The van der Waals surface area contributed by atoms with Gasteiger partial charge in [0.1, 0.15) is 6.10 Å². The van der Waals surface area contributed by atoms with Crippen molar-refractivity contribution in [1.29, 1.82) is 0 Å². The van der Waals surface area contributed by atoms with E-state index in [-0.39, 0.29) is 0 Å². The van der Waals surface area contributed by atoms with E-state index in [2.05, 4.69) is 37.3 Å². The van der Waals surface area contributed by atoms with Crippen LogP contribution in [0.1, 0.15) is 24.5 Å². The fraction of sp³-hybridized carbons (Fsp3) is 0.385. The van der Waals surface area contributed by atoms with Gasteiger partial charge in [-0.2, -0.15) is 0 Å². The van der Waals surface area contributed by atoms with Crippen LogP contribution in [0.4, 0.5) is 0 Å². The molecule has 0 aromatic heterocycles. The minimum absolute atomic E-state index is 0.357. The standard InChI is InChI=1S/C13H16O/c1-2-3-8-14-13-9-11-6-4-5-7-12(11)10-13/h3-8,13H,2,9-10H2,1H3/b8-3+. The van der Waals surface area contributed by atoms with Crippen LogP contribution in [-0.2, 0) is 17.6 Å². The molecule has 1 aliphatic rings. The van der Waals surface area contributed by atoms with Gasteiger partial charge in [0, 0.05) is 12.8 Å². The van der Waals surface area contributed by atoms with Crippen LogP contribution >= 0.6 is 0 Å². The van der Waals surface area contributed by atoms with Crippen LogP contribution in [0.2, 0.25) is 0 Å². The Kier molecular flexibility index (Phi) is 2.87. The first-order valence-corrected chi connectivity index (χ1v) is 5.27. The number of allylic oxidation sites excluding steroid dienone is 1. The van der Waals surface area contributed by atoms with E-state index in [1.165, 1.54) is 11.1 Å². The Morgan fingerprint density at radius 1 is 1.29 bits per heavy atom. The maximum atomic E-state index is 5.65. The van der Waals surface area contributed by atoms with Gasteiger partial charge >= 0.3 is 0 Å². The lowest BCUT2D eigenvalue weighted by atomic mass is 10.1. The van der Waals surface area contributed by atoms with Gasteiger partial charge in [-0.25, -0.2) is 0 Å². The van der Waals surface area contributed by atoms with Crippen molar-refractivity contribution in [2.24, 2.45) is 0 Å². The molecule has 0 bridgehead atoms. The Labute approximate surface area is 85.4 Å². The van der Waals surface area contributed by atoms with E-state index >= 15 is 0 Å². The summed E-state index contributed by atoms with van der Waals surface area (Å²) in [6, 6.07) is 8.59. The third-order valence-corrected chi connectivity index (χ3v) is 2.62. The van der Waals surface area contributed by atoms with E-state index in [4.69, 9.17) is 4.74 Å². The second-order valence-electron chi connectivity index (χ2n) is 3.72. The smallest absolute Gasteiger partial charge is 0.106 e. The van der Waals surface area contributed by atoms with Gasteiger partial charge in [-0.05, 0) is 17.5 Å². The zero-order valence-corrected chi connectivity index (χ0v) is 8.57. The second kappa shape index (κ2) is 4.32. The first-order valence-electron chi connectivity index (χ1n) is 5.27. The van der Waals surface area contributed by atoms with Crippen LogP contribution in [0.15, 0.2) is 36.6 Å². The lowest BCUT2D eigenvalue weighted by Gasteiger charge is -2.07. The Morgan fingerprint density at radius 3 is 2.50 bits per heavy atom. The molecule has 0 saturated carbocycles. The first kappa shape index (κ1) is 9.32. The Balaban J connectivity index is 1.95. The summed E-state index contributed by atoms with van der Waals surface area (Å²) in [7, 11) is 0. The second-order valence-corrected chi connectivity index (χ2v) is 3.72. The number of hydrogen-bond donors (Lipinski definition) is 0. The van der Waals surface area contributed by atoms with Gasteiger partial charge in [0.15, 0.2) is 0 Å². The summed E-state index contributed by atoms with van der Waals surface area (Å²) in [5, 5.41) is 0. The van der Waals surface area contributed by atoms with E-state index < -0.39 is 0 Å². The quantitative estimate of drug-likeness (QED) is 0.662. The first-order chi connectivity index (χ1) is 6.90. The average molecular weight is 188 g/mol. The van der Waals surface area contributed by atoms with Gasteiger partial charge < -0.3 is 4.74 Å². The number of ether oxygens (including phenoxy) is 1. The highest BCUT2D eigenvalue weighted by molar-refractivity contribution is 5.32.